The van der Waals surface area contributed by atoms with Gasteiger partial charge < -0.3 is 10.8 Å². The highest BCUT2D eigenvalue weighted by Crippen LogP contribution is 2.12. The number of aliphatic hydroxyl groups excluding tert-OH is 1. The number of hydroxylamine groups is 1. The van der Waals surface area contributed by atoms with Gasteiger partial charge in [-0.15, -0.1) is 0 Å². The first kappa shape index (κ1) is 23.4. The smallest absolute Gasteiger partial charge is 0.243 e. The van der Waals surface area contributed by atoms with Crippen molar-refractivity contribution in [3.8, 4) is 0 Å². The molecule has 0 aromatic rings. The molecule has 1 atom stereocenters. The van der Waals surface area contributed by atoms with Crippen molar-refractivity contribution in [2.24, 2.45) is 5.73 Å². The molecule has 5 heteroatoms. The number of hydrogen-bond donors (Lipinski definition) is 3. The van der Waals surface area contributed by atoms with Crippen LogP contribution >= 0.6 is 0 Å². The van der Waals surface area contributed by atoms with Crippen LogP contribution in [0.25, 0.3) is 0 Å². The first-order valence-corrected chi connectivity index (χ1v) is 9.97. The normalized spacial score (nSPS) is 12.3. The summed E-state index contributed by atoms with van der Waals surface area (Å²) in [5, 5.41) is 8.72. The minimum Gasteiger partial charge on any atom is -0.395 e. The fraction of sp³-hybridized carbons (Fsp3) is 0.947. The number of rotatable bonds is 18. The quantitative estimate of drug-likeness (QED) is 0.260. The van der Waals surface area contributed by atoms with E-state index >= 15 is 0 Å². The Balaban J connectivity index is 3.15. The molecular formula is C19H40N2O3. The second kappa shape index (κ2) is 18.7. The molecule has 0 aliphatic rings. The van der Waals surface area contributed by atoms with E-state index < -0.39 is 6.04 Å². The molecular weight excluding hydrogens is 304 g/mol. The topological polar surface area (TPSA) is 84.6 Å². The molecule has 0 spiro atoms. The number of nitrogens with one attached hydrogen (secondary N) is 1. The maximum atomic E-state index is 11.5. The van der Waals surface area contributed by atoms with E-state index in [9.17, 15) is 4.79 Å². The lowest BCUT2D eigenvalue weighted by molar-refractivity contribution is -0.134. The fourth-order valence-electron chi connectivity index (χ4n) is 2.64. The summed E-state index contributed by atoms with van der Waals surface area (Å²) in [6.45, 7) is 2.25. The summed E-state index contributed by atoms with van der Waals surface area (Å²) in [5.41, 5.74) is 7.82. The van der Waals surface area contributed by atoms with Gasteiger partial charge in [0.1, 0.15) is 0 Å². The Labute approximate surface area is 148 Å². The Hall–Kier alpha value is -0.650. The van der Waals surface area contributed by atoms with Gasteiger partial charge in [0.25, 0.3) is 0 Å². The van der Waals surface area contributed by atoms with Crippen LogP contribution in [0, 0.1) is 0 Å². The summed E-state index contributed by atoms with van der Waals surface area (Å²) < 4.78 is 0. The van der Waals surface area contributed by atoms with E-state index in [0.717, 1.165) is 12.8 Å². The second-order valence-corrected chi connectivity index (χ2v) is 6.77. The summed E-state index contributed by atoms with van der Waals surface area (Å²) in [6, 6.07) is -0.443. The van der Waals surface area contributed by atoms with E-state index in [2.05, 4.69) is 12.4 Å². The largest absolute Gasteiger partial charge is 0.395 e. The minimum absolute atomic E-state index is 0.108. The number of amides is 1. The van der Waals surface area contributed by atoms with E-state index in [-0.39, 0.29) is 19.1 Å². The van der Waals surface area contributed by atoms with Crippen molar-refractivity contribution in [2.75, 3.05) is 13.2 Å². The average Bonchev–Trinajstić information content (AvgIpc) is 2.58. The Morgan fingerprint density at radius 1 is 0.917 bits per heavy atom. The minimum atomic E-state index is -0.443. The maximum Gasteiger partial charge on any atom is 0.243 e. The summed E-state index contributed by atoms with van der Waals surface area (Å²) >= 11 is 0. The summed E-state index contributed by atoms with van der Waals surface area (Å²) in [4.78, 5) is 16.4. The predicted molar refractivity (Wildman–Crippen MR) is 99.5 cm³/mol. The van der Waals surface area contributed by atoms with Gasteiger partial charge in [-0.25, -0.2) is 5.48 Å². The molecule has 0 unspecified atom stereocenters. The van der Waals surface area contributed by atoms with Crippen molar-refractivity contribution in [3.05, 3.63) is 0 Å². The van der Waals surface area contributed by atoms with Crippen molar-refractivity contribution in [1.82, 2.24) is 5.48 Å². The first-order valence-electron chi connectivity index (χ1n) is 9.97. The Morgan fingerprint density at radius 2 is 1.38 bits per heavy atom. The van der Waals surface area contributed by atoms with Crippen molar-refractivity contribution in [1.29, 1.82) is 0 Å². The van der Waals surface area contributed by atoms with Gasteiger partial charge in [0.05, 0.1) is 19.3 Å². The van der Waals surface area contributed by atoms with Gasteiger partial charge in [0.15, 0.2) is 0 Å². The number of aliphatic hydroxyl groups is 1. The SMILES string of the molecule is CCCCCCCCCCCCCCCC(=O)NOC[C@@H](N)CO. The maximum absolute atomic E-state index is 11.5. The lowest BCUT2D eigenvalue weighted by Crippen LogP contribution is -2.35. The lowest BCUT2D eigenvalue weighted by atomic mass is 10.0. The lowest BCUT2D eigenvalue weighted by Gasteiger charge is -2.09. The number of carbonyl (C=O) groups excluding carboxylic acids is 1. The molecule has 1 amide bonds. The number of hydrogen-bond acceptors (Lipinski definition) is 4. The van der Waals surface area contributed by atoms with Crippen LogP contribution in [0.5, 0.6) is 0 Å². The van der Waals surface area contributed by atoms with Crippen LogP contribution in [0.15, 0.2) is 0 Å². The van der Waals surface area contributed by atoms with Crippen molar-refractivity contribution in [2.45, 2.75) is 103 Å². The third-order valence-electron chi connectivity index (χ3n) is 4.23. The van der Waals surface area contributed by atoms with Gasteiger partial charge >= 0.3 is 0 Å². The predicted octanol–water partition coefficient (Wildman–Crippen LogP) is 3.84. The molecule has 0 aromatic carbocycles. The van der Waals surface area contributed by atoms with Crippen LogP contribution in [0.2, 0.25) is 0 Å². The van der Waals surface area contributed by atoms with Gasteiger partial charge in [-0.05, 0) is 6.42 Å². The van der Waals surface area contributed by atoms with Gasteiger partial charge in [0.2, 0.25) is 5.91 Å². The standard InChI is InChI=1S/C19H40N2O3/c1-2-3-4-5-6-7-8-9-10-11-12-13-14-15-19(23)21-24-17-18(20)16-22/h18,22H,2-17,20H2,1H3,(H,21,23)/t18-/m0/s1. The van der Waals surface area contributed by atoms with Crippen molar-refractivity contribution < 1.29 is 14.7 Å². The molecule has 5 nitrogen and oxygen atoms in total. The Morgan fingerprint density at radius 3 is 1.83 bits per heavy atom. The van der Waals surface area contributed by atoms with E-state index in [4.69, 9.17) is 15.7 Å². The molecule has 144 valence electrons. The molecule has 0 aliphatic carbocycles. The first-order chi connectivity index (χ1) is 11.7. The zero-order valence-electron chi connectivity index (χ0n) is 15.7. The highest BCUT2D eigenvalue weighted by Gasteiger charge is 2.04. The van der Waals surface area contributed by atoms with Crippen LogP contribution in [0.4, 0.5) is 0 Å². The Bertz CT molecular complexity index is 275. The molecule has 0 heterocycles. The highest BCUT2D eigenvalue weighted by atomic mass is 16.7. The van der Waals surface area contributed by atoms with Crippen LogP contribution in [-0.4, -0.2) is 30.3 Å². The third-order valence-corrected chi connectivity index (χ3v) is 4.23. The monoisotopic (exact) mass is 344 g/mol. The van der Waals surface area contributed by atoms with E-state index in [0.29, 0.717) is 6.42 Å². The van der Waals surface area contributed by atoms with E-state index in [1.54, 1.807) is 0 Å². The molecule has 0 aliphatic heterocycles. The molecule has 0 saturated carbocycles. The van der Waals surface area contributed by atoms with Crippen molar-refractivity contribution in [3.63, 3.8) is 0 Å². The van der Waals surface area contributed by atoms with Gasteiger partial charge in [-0.3, -0.25) is 9.63 Å². The number of nitrogens with two attached hydrogens (primary N) is 1. The van der Waals surface area contributed by atoms with Crippen LogP contribution in [-0.2, 0) is 9.63 Å². The summed E-state index contributed by atoms with van der Waals surface area (Å²) in [6.07, 6.45) is 17.4. The third kappa shape index (κ3) is 17.7. The molecule has 0 aromatic heterocycles. The molecule has 0 fully saturated rings. The molecule has 0 rings (SSSR count). The molecule has 4 N–H and O–H groups in total. The van der Waals surface area contributed by atoms with Gasteiger partial charge in [0, 0.05) is 6.42 Å². The molecule has 0 bridgehead atoms. The summed E-state index contributed by atoms with van der Waals surface area (Å²) in [7, 11) is 0. The van der Waals surface area contributed by atoms with Crippen LogP contribution in [0.3, 0.4) is 0 Å². The van der Waals surface area contributed by atoms with Crippen molar-refractivity contribution >= 4 is 5.91 Å². The zero-order chi connectivity index (χ0) is 17.9. The Kier molecular flexibility index (Phi) is 18.2. The van der Waals surface area contributed by atoms with Crippen LogP contribution in [0.1, 0.15) is 96.8 Å². The van der Waals surface area contributed by atoms with E-state index in [1.165, 1.54) is 70.6 Å². The highest BCUT2D eigenvalue weighted by molar-refractivity contribution is 5.74. The second-order valence-electron chi connectivity index (χ2n) is 6.77. The van der Waals surface area contributed by atoms with Gasteiger partial charge in [-0.1, -0.05) is 84.0 Å². The molecule has 24 heavy (non-hydrogen) atoms. The van der Waals surface area contributed by atoms with Gasteiger partial charge in [-0.2, -0.15) is 0 Å². The van der Waals surface area contributed by atoms with Crippen LogP contribution < -0.4 is 11.2 Å². The fourth-order valence-corrected chi connectivity index (χ4v) is 2.64. The zero-order valence-corrected chi connectivity index (χ0v) is 15.7. The average molecular weight is 345 g/mol. The summed E-state index contributed by atoms with van der Waals surface area (Å²) in [5.74, 6) is -0.108. The molecule has 0 radical (unpaired) electrons. The molecule has 0 saturated heterocycles. The van der Waals surface area contributed by atoms with E-state index in [1.807, 2.05) is 0 Å². The number of carbonyl (C=O) groups is 1. The number of unbranched alkanes of at least 4 members (excludes halogenated alkanes) is 12.